The molecule has 19 heavy (non-hydrogen) atoms. The highest BCUT2D eigenvalue weighted by Crippen LogP contribution is 2.26. The SMILES string of the molecule is CCN(CC)C(C)(CC)C(=O)c1cccc(F)c1F. The molecule has 0 amide bonds. The van der Waals surface area contributed by atoms with Crippen LogP contribution in [0.25, 0.3) is 0 Å². The molecule has 1 aromatic rings. The van der Waals surface area contributed by atoms with Gasteiger partial charge in [0.25, 0.3) is 0 Å². The Bertz CT molecular complexity index is 457. The molecular formula is C15H21F2NO. The third kappa shape index (κ3) is 2.84. The normalized spacial score (nSPS) is 14.5. The highest BCUT2D eigenvalue weighted by Gasteiger charge is 2.38. The van der Waals surface area contributed by atoms with E-state index in [4.69, 9.17) is 0 Å². The number of halogens is 2. The maximum atomic E-state index is 13.8. The number of likely N-dealkylation sites (N-methyl/N-ethyl adjacent to an activating group) is 1. The number of carbonyl (C=O) groups excluding carboxylic acids is 1. The topological polar surface area (TPSA) is 20.3 Å². The number of carbonyl (C=O) groups is 1. The van der Waals surface area contributed by atoms with Gasteiger partial charge in [0.1, 0.15) is 0 Å². The van der Waals surface area contributed by atoms with Crippen molar-refractivity contribution in [2.24, 2.45) is 0 Å². The van der Waals surface area contributed by atoms with Gasteiger partial charge in [-0.1, -0.05) is 26.8 Å². The second-order valence-corrected chi connectivity index (χ2v) is 4.73. The first kappa shape index (κ1) is 15.8. The predicted octanol–water partition coefficient (Wildman–Crippen LogP) is 3.66. The quantitative estimate of drug-likeness (QED) is 0.735. The van der Waals surface area contributed by atoms with Gasteiger partial charge in [-0.3, -0.25) is 9.69 Å². The van der Waals surface area contributed by atoms with Crippen molar-refractivity contribution >= 4 is 5.78 Å². The van der Waals surface area contributed by atoms with Gasteiger partial charge in [-0.05, 0) is 38.6 Å². The van der Waals surface area contributed by atoms with E-state index in [1.165, 1.54) is 12.1 Å². The lowest BCUT2D eigenvalue weighted by Crippen LogP contribution is -2.52. The lowest BCUT2D eigenvalue weighted by Gasteiger charge is -2.38. The molecule has 0 spiro atoms. The number of rotatable bonds is 6. The molecule has 0 saturated heterocycles. The summed E-state index contributed by atoms with van der Waals surface area (Å²) in [6.45, 7) is 8.94. The van der Waals surface area contributed by atoms with Crippen LogP contribution in [-0.4, -0.2) is 29.3 Å². The zero-order chi connectivity index (χ0) is 14.6. The van der Waals surface area contributed by atoms with Crippen LogP contribution in [0.3, 0.4) is 0 Å². The van der Waals surface area contributed by atoms with Gasteiger partial charge in [0.05, 0.1) is 11.1 Å². The van der Waals surface area contributed by atoms with Crippen molar-refractivity contribution in [3.8, 4) is 0 Å². The van der Waals surface area contributed by atoms with Crippen LogP contribution in [0, 0.1) is 11.6 Å². The molecule has 0 aromatic heterocycles. The highest BCUT2D eigenvalue weighted by molar-refractivity contribution is 6.03. The van der Waals surface area contributed by atoms with E-state index in [9.17, 15) is 13.6 Å². The van der Waals surface area contributed by atoms with Crippen molar-refractivity contribution < 1.29 is 13.6 Å². The van der Waals surface area contributed by atoms with Crippen LogP contribution in [-0.2, 0) is 0 Å². The minimum atomic E-state index is -1.06. The summed E-state index contributed by atoms with van der Waals surface area (Å²) in [7, 11) is 0. The Kier molecular flexibility index (Phi) is 5.18. The van der Waals surface area contributed by atoms with Crippen LogP contribution < -0.4 is 0 Å². The molecule has 0 saturated carbocycles. The minimum Gasteiger partial charge on any atom is -0.292 e. The molecule has 0 bridgehead atoms. The number of ketones is 1. The molecule has 4 heteroatoms. The van der Waals surface area contributed by atoms with Gasteiger partial charge in [-0.2, -0.15) is 0 Å². The zero-order valence-corrected chi connectivity index (χ0v) is 12.0. The first-order valence-electron chi connectivity index (χ1n) is 6.66. The molecule has 1 unspecified atom stereocenters. The summed E-state index contributed by atoms with van der Waals surface area (Å²) in [6, 6.07) is 3.73. The van der Waals surface area contributed by atoms with E-state index in [1.54, 1.807) is 6.92 Å². The van der Waals surface area contributed by atoms with Crippen LogP contribution in [0.1, 0.15) is 44.5 Å². The summed E-state index contributed by atoms with van der Waals surface area (Å²) in [6.07, 6.45) is 0.545. The van der Waals surface area contributed by atoms with E-state index in [-0.39, 0.29) is 11.3 Å². The van der Waals surface area contributed by atoms with E-state index in [1.807, 2.05) is 25.7 Å². The van der Waals surface area contributed by atoms with Crippen LogP contribution in [0.2, 0.25) is 0 Å². The lowest BCUT2D eigenvalue weighted by molar-refractivity contribution is 0.0602. The van der Waals surface area contributed by atoms with Crippen molar-refractivity contribution in [3.05, 3.63) is 35.4 Å². The van der Waals surface area contributed by atoms with E-state index in [2.05, 4.69) is 0 Å². The summed E-state index contributed by atoms with van der Waals surface area (Å²) in [5.74, 6) is -2.40. The summed E-state index contributed by atoms with van der Waals surface area (Å²) in [5.41, 5.74) is -0.978. The maximum absolute atomic E-state index is 13.8. The van der Waals surface area contributed by atoms with Gasteiger partial charge in [0.15, 0.2) is 17.4 Å². The molecule has 0 N–H and O–H groups in total. The molecule has 0 aliphatic rings. The number of nitrogens with zero attached hydrogens (tertiary/aromatic N) is 1. The van der Waals surface area contributed by atoms with E-state index in [0.717, 1.165) is 6.07 Å². The molecule has 0 heterocycles. The van der Waals surface area contributed by atoms with Crippen LogP contribution >= 0.6 is 0 Å². The number of hydrogen-bond acceptors (Lipinski definition) is 2. The summed E-state index contributed by atoms with van der Waals surface area (Å²) in [4.78, 5) is 14.6. The Morgan fingerprint density at radius 2 is 1.79 bits per heavy atom. The molecule has 1 atom stereocenters. The van der Waals surface area contributed by atoms with Crippen LogP contribution in [0.4, 0.5) is 8.78 Å². The Morgan fingerprint density at radius 3 is 2.26 bits per heavy atom. The first-order chi connectivity index (χ1) is 8.92. The Hall–Kier alpha value is -1.29. The molecule has 106 valence electrons. The standard InChI is InChI=1S/C15H21F2NO/c1-5-15(4,18(6-2)7-3)14(19)11-9-8-10-12(16)13(11)17/h8-10H,5-7H2,1-4H3. The van der Waals surface area contributed by atoms with Gasteiger partial charge in [-0.25, -0.2) is 8.78 Å². The molecule has 2 nitrogen and oxygen atoms in total. The van der Waals surface area contributed by atoms with Crippen molar-refractivity contribution in [1.82, 2.24) is 4.90 Å². The van der Waals surface area contributed by atoms with Gasteiger partial charge >= 0.3 is 0 Å². The smallest absolute Gasteiger partial charge is 0.185 e. The van der Waals surface area contributed by atoms with Crippen molar-refractivity contribution in [3.63, 3.8) is 0 Å². The van der Waals surface area contributed by atoms with Gasteiger partial charge in [-0.15, -0.1) is 0 Å². The molecule has 0 radical (unpaired) electrons. The second-order valence-electron chi connectivity index (χ2n) is 4.73. The first-order valence-corrected chi connectivity index (χ1v) is 6.66. The van der Waals surface area contributed by atoms with Crippen LogP contribution in [0.15, 0.2) is 18.2 Å². The highest BCUT2D eigenvalue weighted by atomic mass is 19.2. The third-order valence-corrected chi connectivity index (χ3v) is 3.84. The minimum absolute atomic E-state index is 0.170. The fourth-order valence-electron chi connectivity index (χ4n) is 2.42. The Labute approximate surface area is 113 Å². The third-order valence-electron chi connectivity index (χ3n) is 3.84. The molecule has 0 aliphatic carbocycles. The average molecular weight is 269 g/mol. The number of Topliss-reactive ketones (excluding diaryl/α,β-unsaturated/α-hetero) is 1. The molecule has 0 aliphatic heterocycles. The maximum Gasteiger partial charge on any atom is 0.185 e. The van der Waals surface area contributed by atoms with Gasteiger partial charge < -0.3 is 0 Å². The molecule has 1 rings (SSSR count). The largest absolute Gasteiger partial charge is 0.292 e. The predicted molar refractivity (Wildman–Crippen MR) is 72.3 cm³/mol. The monoisotopic (exact) mass is 269 g/mol. The fourth-order valence-corrected chi connectivity index (χ4v) is 2.42. The van der Waals surface area contributed by atoms with Gasteiger partial charge in [0.2, 0.25) is 0 Å². The van der Waals surface area contributed by atoms with Crippen molar-refractivity contribution in [2.45, 2.75) is 39.7 Å². The molecule has 0 fully saturated rings. The van der Waals surface area contributed by atoms with Crippen LogP contribution in [0.5, 0.6) is 0 Å². The van der Waals surface area contributed by atoms with Crippen molar-refractivity contribution in [1.29, 1.82) is 0 Å². The lowest BCUT2D eigenvalue weighted by atomic mass is 9.86. The summed E-state index contributed by atoms with van der Waals surface area (Å²) >= 11 is 0. The number of benzene rings is 1. The van der Waals surface area contributed by atoms with E-state index in [0.29, 0.717) is 19.5 Å². The average Bonchev–Trinajstić information content (AvgIpc) is 2.42. The van der Waals surface area contributed by atoms with Gasteiger partial charge in [0, 0.05) is 0 Å². The Balaban J connectivity index is 3.25. The Morgan fingerprint density at radius 1 is 1.21 bits per heavy atom. The fraction of sp³-hybridized carbons (Fsp3) is 0.533. The number of hydrogen-bond donors (Lipinski definition) is 0. The zero-order valence-electron chi connectivity index (χ0n) is 12.0. The van der Waals surface area contributed by atoms with Crippen molar-refractivity contribution in [2.75, 3.05) is 13.1 Å². The van der Waals surface area contributed by atoms with E-state index < -0.39 is 17.2 Å². The summed E-state index contributed by atoms with van der Waals surface area (Å²) in [5, 5.41) is 0. The molecular weight excluding hydrogens is 248 g/mol. The summed E-state index contributed by atoms with van der Waals surface area (Å²) < 4.78 is 27.0. The molecule has 1 aromatic carbocycles. The van der Waals surface area contributed by atoms with E-state index >= 15 is 0 Å². The second kappa shape index (κ2) is 6.24.